The Morgan fingerprint density at radius 2 is 1.68 bits per heavy atom. The average molecular weight is 343 g/mol. The molecule has 0 amide bonds. The number of hydrogen-bond donors (Lipinski definition) is 1. The fourth-order valence-electron chi connectivity index (χ4n) is 2.70. The summed E-state index contributed by atoms with van der Waals surface area (Å²) in [6.07, 6.45) is 4.51. The number of hydrogen-bond acceptors (Lipinski definition) is 4. The van der Waals surface area contributed by atoms with E-state index >= 15 is 0 Å². The molecule has 0 saturated heterocycles. The Labute approximate surface area is 148 Å². The molecule has 1 aromatic carbocycles. The Balaban J connectivity index is 2.56. The Morgan fingerprint density at radius 3 is 2.28 bits per heavy atom. The van der Waals surface area contributed by atoms with Crippen molar-refractivity contribution in [2.75, 3.05) is 13.2 Å². The van der Waals surface area contributed by atoms with Gasteiger partial charge in [0.25, 0.3) is 0 Å². The van der Waals surface area contributed by atoms with Gasteiger partial charge in [-0.15, -0.1) is 0 Å². The number of aromatic nitrogens is 1. The van der Waals surface area contributed by atoms with Crippen LogP contribution in [0.3, 0.4) is 0 Å². The van der Waals surface area contributed by atoms with Crippen molar-refractivity contribution in [3.05, 3.63) is 41.1 Å². The van der Waals surface area contributed by atoms with E-state index in [1.165, 1.54) is 0 Å². The summed E-state index contributed by atoms with van der Waals surface area (Å²) in [5.41, 5.74) is 2.76. The van der Waals surface area contributed by atoms with Gasteiger partial charge in [0.05, 0.1) is 13.2 Å². The molecule has 0 bridgehead atoms. The van der Waals surface area contributed by atoms with Gasteiger partial charge in [-0.2, -0.15) is 0 Å². The van der Waals surface area contributed by atoms with Crippen LogP contribution in [-0.4, -0.2) is 30.1 Å². The first kappa shape index (κ1) is 18.8. The number of nitrogens with one attached hydrogen (secondary N) is 1. The minimum absolute atomic E-state index is 0.0776. The van der Waals surface area contributed by atoms with E-state index in [0.717, 1.165) is 41.4 Å². The van der Waals surface area contributed by atoms with Crippen LogP contribution in [0.4, 0.5) is 0 Å². The number of rotatable bonds is 8. The lowest BCUT2D eigenvalue weighted by Gasteiger charge is -2.07. The Kier molecular flexibility index (Phi) is 6.81. The number of ether oxygens (including phenoxy) is 2. The SMILES string of the molecule is CCCCc1[nH]c2ccccc2c1C=C(C(=O)OCC)C(=O)OCC. The van der Waals surface area contributed by atoms with Gasteiger partial charge in [0, 0.05) is 22.2 Å². The summed E-state index contributed by atoms with van der Waals surface area (Å²) < 4.78 is 10.1. The first-order valence-electron chi connectivity index (χ1n) is 8.77. The first-order valence-corrected chi connectivity index (χ1v) is 8.77. The number of fused-ring (bicyclic) bond motifs is 1. The summed E-state index contributed by atoms with van der Waals surface area (Å²) in [5, 5.41) is 0.972. The standard InChI is InChI=1S/C20H25NO4/c1-4-7-11-18-15(14-10-8-9-12-17(14)21-18)13-16(19(22)24-5-2)20(23)25-6-3/h8-10,12-13,21H,4-7,11H2,1-3H3. The first-order chi connectivity index (χ1) is 12.1. The van der Waals surface area contributed by atoms with Crippen LogP contribution in [-0.2, 0) is 25.5 Å². The van der Waals surface area contributed by atoms with Crippen LogP contribution < -0.4 is 0 Å². The van der Waals surface area contributed by atoms with Crippen molar-refractivity contribution in [2.45, 2.75) is 40.0 Å². The quantitative estimate of drug-likeness (QED) is 0.340. The molecule has 1 N–H and O–H groups in total. The molecule has 5 heteroatoms. The Bertz CT molecular complexity index is 753. The van der Waals surface area contributed by atoms with Crippen molar-refractivity contribution < 1.29 is 19.1 Å². The summed E-state index contributed by atoms with van der Waals surface area (Å²) in [6.45, 7) is 5.94. The normalized spacial score (nSPS) is 10.5. The lowest BCUT2D eigenvalue weighted by molar-refractivity contribution is -0.146. The van der Waals surface area contributed by atoms with Crippen molar-refractivity contribution in [3.63, 3.8) is 0 Å². The van der Waals surface area contributed by atoms with Gasteiger partial charge in [-0.25, -0.2) is 9.59 Å². The second kappa shape index (κ2) is 9.06. The minimum atomic E-state index is -0.660. The molecule has 0 aliphatic heterocycles. The van der Waals surface area contributed by atoms with Crippen molar-refractivity contribution in [1.29, 1.82) is 0 Å². The molecule has 0 aliphatic rings. The van der Waals surface area contributed by atoms with Crippen molar-refractivity contribution in [1.82, 2.24) is 4.98 Å². The van der Waals surface area contributed by atoms with Crippen LogP contribution in [0.2, 0.25) is 0 Å². The maximum Gasteiger partial charge on any atom is 0.345 e. The molecule has 0 radical (unpaired) electrons. The van der Waals surface area contributed by atoms with Crippen LogP contribution in [0.1, 0.15) is 44.9 Å². The van der Waals surface area contributed by atoms with Gasteiger partial charge in [0.15, 0.2) is 0 Å². The minimum Gasteiger partial charge on any atom is -0.462 e. The van der Waals surface area contributed by atoms with E-state index in [1.807, 2.05) is 24.3 Å². The van der Waals surface area contributed by atoms with Crippen LogP contribution in [0.5, 0.6) is 0 Å². The Morgan fingerprint density at radius 1 is 1.04 bits per heavy atom. The zero-order valence-electron chi connectivity index (χ0n) is 15.1. The molecule has 0 unspecified atom stereocenters. The second-order valence-electron chi connectivity index (χ2n) is 5.67. The van der Waals surface area contributed by atoms with Crippen molar-refractivity contribution in [2.24, 2.45) is 0 Å². The fraction of sp³-hybridized carbons (Fsp3) is 0.400. The summed E-state index contributed by atoms with van der Waals surface area (Å²) in [4.78, 5) is 27.9. The molecule has 5 nitrogen and oxygen atoms in total. The summed E-state index contributed by atoms with van der Waals surface area (Å²) >= 11 is 0. The van der Waals surface area contributed by atoms with E-state index in [4.69, 9.17) is 9.47 Å². The van der Waals surface area contributed by atoms with E-state index in [9.17, 15) is 9.59 Å². The van der Waals surface area contributed by atoms with E-state index in [0.29, 0.717) is 0 Å². The van der Waals surface area contributed by atoms with Crippen LogP contribution in [0.15, 0.2) is 29.8 Å². The monoisotopic (exact) mass is 343 g/mol. The predicted molar refractivity (Wildman–Crippen MR) is 98.2 cm³/mol. The molecule has 0 spiro atoms. The van der Waals surface area contributed by atoms with E-state index in [2.05, 4.69) is 11.9 Å². The highest BCUT2D eigenvalue weighted by Crippen LogP contribution is 2.26. The zero-order chi connectivity index (χ0) is 18.2. The molecule has 2 aromatic rings. The number of unbranched alkanes of at least 4 members (excludes halogenated alkanes) is 1. The molecule has 0 atom stereocenters. The lowest BCUT2D eigenvalue weighted by Crippen LogP contribution is -2.18. The van der Waals surface area contributed by atoms with Crippen molar-refractivity contribution >= 4 is 28.9 Å². The van der Waals surface area contributed by atoms with Gasteiger partial charge in [-0.1, -0.05) is 31.5 Å². The van der Waals surface area contributed by atoms with Gasteiger partial charge in [0.2, 0.25) is 0 Å². The number of aryl methyl sites for hydroxylation is 1. The third kappa shape index (κ3) is 4.50. The molecule has 25 heavy (non-hydrogen) atoms. The van der Waals surface area contributed by atoms with Crippen LogP contribution in [0.25, 0.3) is 17.0 Å². The summed E-state index contributed by atoms with van der Waals surface area (Å²) in [5.74, 6) is -1.32. The highest BCUT2D eigenvalue weighted by atomic mass is 16.6. The number of esters is 2. The zero-order valence-corrected chi connectivity index (χ0v) is 15.1. The van der Waals surface area contributed by atoms with Crippen LogP contribution in [0, 0.1) is 0 Å². The van der Waals surface area contributed by atoms with Crippen molar-refractivity contribution in [3.8, 4) is 0 Å². The smallest absolute Gasteiger partial charge is 0.345 e. The maximum absolute atomic E-state index is 12.2. The fourth-order valence-corrected chi connectivity index (χ4v) is 2.70. The van der Waals surface area contributed by atoms with Crippen LogP contribution >= 0.6 is 0 Å². The number of aromatic amines is 1. The molecular formula is C20H25NO4. The van der Waals surface area contributed by atoms with E-state index < -0.39 is 11.9 Å². The molecule has 0 aliphatic carbocycles. The third-order valence-electron chi connectivity index (χ3n) is 3.89. The highest BCUT2D eigenvalue weighted by Gasteiger charge is 2.22. The van der Waals surface area contributed by atoms with Gasteiger partial charge in [-0.05, 0) is 38.8 Å². The molecule has 1 aromatic heterocycles. The highest BCUT2D eigenvalue weighted by molar-refractivity contribution is 6.18. The number of para-hydroxylation sites is 1. The number of benzene rings is 1. The average Bonchev–Trinajstić information content (AvgIpc) is 2.95. The topological polar surface area (TPSA) is 68.4 Å². The lowest BCUT2D eigenvalue weighted by atomic mass is 10.0. The molecule has 0 saturated carbocycles. The predicted octanol–water partition coefficient (Wildman–Crippen LogP) is 4.02. The summed E-state index contributed by atoms with van der Waals surface area (Å²) in [7, 11) is 0. The maximum atomic E-state index is 12.2. The van der Waals surface area contributed by atoms with E-state index in [1.54, 1.807) is 19.9 Å². The Hall–Kier alpha value is -2.56. The molecule has 2 rings (SSSR count). The molecule has 134 valence electrons. The number of carbonyl (C=O) groups excluding carboxylic acids is 2. The molecule has 0 fully saturated rings. The van der Waals surface area contributed by atoms with Gasteiger partial charge < -0.3 is 14.5 Å². The second-order valence-corrected chi connectivity index (χ2v) is 5.67. The third-order valence-corrected chi connectivity index (χ3v) is 3.89. The summed E-state index contributed by atoms with van der Waals surface area (Å²) in [6, 6.07) is 7.84. The number of carbonyl (C=O) groups is 2. The van der Waals surface area contributed by atoms with Gasteiger partial charge in [-0.3, -0.25) is 0 Å². The van der Waals surface area contributed by atoms with E-state index in [-0.39, 0.29) is 18.8 Å². The molecule has 1 heterocycles. The molecular weight excluding hydrogens is 318 g/mol. The van der Waals surface area contributed by atoms with Gasteiger partial charge in [0.1, 0.15) is 5.57 Å². The number of H-pyrrole nitrogens is 1. The van der Waals surface area contributed by atoms with Gasteiger partial charge >= 0.3 is 11.9 Å². The largest absolute Gasteiger partial charge is 0.462 e.